The summed E-state index contributed by atoms with van der Waals surface area (Å²) in [6.07, 6.45) is 14.1. The zero-order valence-electron chi connectivity index (χ0n) is 92.0. The normalized spacial score (nSPS) is 21.1. The standard InChI is InChI=1S/C104H179N10O35P/c1-69(2)114(70(3)4)150(139-62-49-55-105-17)140-65-64-132-63-58-108-100(130)83(50-42-44-56-106-88(127)52-39-33-27-21-18-24-30-36-46-59-133-102-91(109-71(5)115)97(144-80(14)124)94(141-77(11)121)85(147-102)66-136-74(8)118)113-101(131)84(112-90(129)54-41-35-29-23-20-26-32-38-48-61-135-104-93(111-73(7)117)99(146-82(16)126)96(143-79(13)123)87(149-104)68-138-76(10)120)51-43-45-57-107-89(128)53-40-34-28-22-19-25-31-37-47-60-134-103-92(110-72(6)116)98(145-81(15)125)95(142-78(12)122)86(148-103)67-137-75(9)119/h55,69-70,83-87,91-99,102-104H,18-54,56-68H2,1-17H3,(H,106,127)(H,107,128)(H,108,130)(H,109,115)(H,110,116)(H,111,117)(H,112,129)(H,113,131)/b105-55+. The van der Waals surface area contributed by atoms with E-state index in [1.54, 1.807) is 13.3 Å². The number of hydrogen-bond donors (Lipinski definition) is 8. The average molecular weight is 2160 g/mol. The smallest absolute Gasteiger partial charge is 0.303 e. The quantitative estimate of drug-likeness (QED) is 0.00922. The predicted octanol–water partition coefficient (Wildman–Crippen LogP) is 9.85. The number of rotatable bonds is 82. The van der Waals surface area contributed by atoms with Crippen LogP contribution in [0.5, 0.6) is 0 Å². The molecule has 46 heteroatoms. The molecule has 0 radical (unpaired) electrons. The summed E-state index contributed by atoms with van der Waals surface area (Å²) in [5.74, 6) is -9.11. The van der Waals surface area contributed by atoms with Gasteiger partial charge in [-0.25, -0.2) is 4.67 Å². The number of carbonyl (C=O) groups is 17. The molecule has 45 nitrogen and oxygen atoms in total. The highest BCUT2D eigenvalue weighted by atomic mass is 31.2. The minimum Gasteiger partial charge on any atom is -0.463 e. The third-order valence-corrected chi connectivity index (χ3v) is 26.4. The molecule has 3 aliphatic rings. The molecule has 18 atom stereocenters. The number of nitrogens with zero attached hydrogens (tertiary/aromatic N) is 2. The molecule has 0 bridgehead atoms. The number of hydrogen-bond acceptors (Lipinski definition) is 37. The number of carbonyl (C=O) groups excluding carboxylic acids is 17. The Balaban J connectivity index is 1.66. The van der Waals surface area contributed by atoms with Crippen molar-refractivity contribution in [1.29, 1.82) is 0 Å². The van der Waals surface area contributed by atoms with Gasteiger partial charge in [-0.1, -0.05) is 135 Å². The summed E-state index contributed by atoms with van der Waals surface area (Å²) in [5, 5.41) is 23.0. The van der Waals surface area contributed by atoms with Gasteiger partial charge in [0.25, 0.3) is 8.53 Å². The van der Waals surface area contributed by atoms with E-state index in [-0.39, 0.29) is 115 Å². The molecule has 0 aromatic rings. The van der Waals surface area contributed by atoms with Gasteiger partial charge in [0.15, 0.2) is 55.5 Å². The fourth-order valence-corrected chi connectivity index (χ4v) is 19.1. The van der Waals surface area contributed by atoms with Gasteiger partial charge in [-0.15, -0.1) is 0 Å². The van der Waals surface area contributed by atoms with Crippen LogP contribution in [-0.4, -0.2) is 321 Å². The lowest BCUT2D eigenvalue weighted by atomic mass is 9.96. The highest BCUT2D eigenvalue weighted by Gasteiger charge is 2.55. The van der Waals surface area contributed by atoms with Gasteiger partial charge in [-0.2, -0.15) is 0 Å². The van der Waals surface area contributed by atoms with Crippen LogP contribution >= 0.6 is 8.53 Å². The molecular weight excluding hydrogens is 1980 g/mol. The van der Waals surface area contributed by atoms with Crippen molar-refractivity contribution in [3.63, 3.8) is 0 Å². The molecule has 0 aromatic carbocycles. The summed E-state index contributed by atoms with van der Waals surface area (Å²) in [4.78, 5) is 219. The van der Waals surface area contributed by atoms with Crippen LogP contribution in [0.2, 0.25) is 0 Å². The molecule has 860 valence electrons. The van der Waals surface area contributed by atoms with E-state index in [1.807, 2.05) is 0 Å². The molecule has 18 unspecified atom stereocenters. The second-order valence-electron chi connectivity index (χ2n) is 38.5. The maximum Gasteiger partial charge on any atom is 0.303 e. The SMILES string of the molecule is C/N=C/CCOP(OCCOCCNC(=O)C(CCCCNC(=O)CCCCCCCCCCCOC1OC(COC(C)=O)C(OC(C)=O)C(OC(C)=O)C1NC(C)=O)NC(=O)C(CCCCNC(=O)CCCCCCCCCCCOC1OC(COC(C)=O)C(OC(C)=O)C(OC(C)=O)C1NC(C)=O)NC(=O)CCCCCCCCCCCOC1OC(COC(C)=O)C(OC(C)=O)C(OC(C)=O)C1NC(C)=O)N(C(C)C)C(C)C. The molecule has 0 spiro atoms. The predicted molar refractivity (Wildman–Crippen MR) is 550 cm³/mol. The van der Waals surface area contributed by atoms with Crippen molar-refractivity contribution < 1.29 is 166 Å². The zero-order chi connectivity index (χ0) is 111. The van der Waals surface area contributed by atoms with Gasteiger partial charge in [-0.05, 0) is 105 Å². The largest absolute Gasteiger partial charge is 0.463 e. The van der Waals surface area contributed by atoms with Crippen molar-refractivity contribution in [2.24, 2.45) is 4.99 Å². The van der Waals surface area contributed by atoms with Gasteiger partial charge in [0.05, 0.1) is 26.4 Å². The minimum atomic E-state index is -1.43. The molecular formula is C104H179N10O35P. The second kappa shape index (κ2) is 80.5. The molecule has 0 aliphatic carbocycles. The second-order valence-corrected chi connectivity index (χ2v) is 40.0. The van der Waals surface area contributed by atoms with E-state index in [1.165, 1.54) is 76.2 Å². The Hall–Kier alpha value is -9.31. The monoisotopic (exact) mass is 2160 g/mol. The van der Waals surface area contributed by atoms with Crippen molar-refractivity contribution in [1.82, 2.24) is 47.2 Å². The zero-order valence-corrected chi connectivity index (χ0v) is 92.9. The molecule has 150 heavy (non-hydrogen) atoms. The van der Waals surface area contributed by atoms with Crippen LogP contribution in [0.25, 0.3) is 0 Å². The van der Waals surface area contributed by atoms with Crippen LogP contribution in [0, 0.1) is 0 Å². The van der Waals surface area contributed by atoms with E-state index in [4.69, 9.17) is 84.8 Å². The number of esters is 9. The number of aliphatic imine (C=N–C) groups is 1. The molecule has 8 N–H and O–H groups in total. The van der Waals surface area contributed by atoms with Gasteiger partial charge in [0.2, 0.25) is 47.3 Å². The third kappa shape index (κ3) is 61.5. The average Bonchev–Trinajstić information content (AvgIpc) is 0.792. The van der Waals surface area contributed by atoms with E-state index in [2.05, 4.69) is 79.9 Å². The lowest BCUT2D eigenvalue weighted by Crippen LogP contribution is -2.66. The van der Waals surface area contributed by atoms with Crippen molar-refractivity contribution in [3.05, 3.63) is 0 Å². The maximum atomic E-state index is 14.7. The van der Waals surface area contributed by atoms with Crippen molar-refractivity contribution in [3.8, 4) is 0 Å². The first-order valence-electron chi connectivity index (χ1n) is 53.9. The Bertz CT molecular complexity index is 4000. The van der Waals surface area contributed by atoms with Crippen molar-refractivity contribution in [2.45, 2.75) is 464 Å². The highest BCUT2D eigenvalue weighted by Crippen LogP contribution is 2.46. The lowest BCUT2D eigenvalue weighted by Gasteiger charge is -2.44. The Morgan fingerprint density at radius 1 is 0.313 bits per heavy atom. The van der Waals surface area contributed by atoms with E-state index in [0.29, 0.717) is 103 Å². The first-order valence-corrected chi connectivity index (χ1v) is 55.0. The first-order chi connectivity index (χ1) is 71.6. The van der Waals surface area contributed by atoms with E-state index in [9.17, 15) is 81.5 Å². The van der Waals surface area contributed by atoms with E-state index >= 15 is 0 Å². The van der Waals surface area contributed by atoms with Gasteiger partial charge >= 0.3 is 53.7 Å². The maximum absolute atomic E-state index is 14.7. The molecule has 3 saturated heterocycles. The fraction of sp³-hybridized carbons (Fsp3) is 0.827. The summed E-state index contributed by atoms with van der Waals surface area (Å²) in [6, 6.07) is -5.00. The molecule has 0 aromatic heterocycles. The van der Waals surface area contributed by atoms with Gasteiger partial charge in [0, 0.05) is 174 Å². The first kappa shape index (κ1) is 135. The van der Waals surface area contributed by atoms with Crippen molar-refractivity contribution >= 4 is 116 Å². The summed E-state index contributed by atoms with van der Waals surface area (Å²) < 4.78 is 106. The van der Waals surface area contributed by atoms with Crippen LogP contribution in [0.1, 0.15) is 348 Å². The third-order valence-electron chi connectivity index (χ3n) is 24.3. The summed E-state index contributed by atoms with van der Waals surface area (Å²) in [5.41, 5.74) is 0. The van der Waals surface area contributed by atoms with Crippen molar-refractivity contribution in [2.75, 3.05) is 92.8 Å². The molecule has 3 aliphatic heterocycles. The molecule has 0 saturated carbocycles. The number of nitrogens with one attached hydrogen (secondary N) is 8. The van der Waals surface area contributed by atoms with E-state index in [0.717, 1.165) is 142 Å². The van der Waals surface area contributed by atoms with Gasteiger partial charge in [-0.3, -0.25) is 81.5 Å². The van der Waals surface area contributed by atoms with Gasteiger partial charge < -0.3 is 132 Å². The van der Waals surface area contributed by atoms with Crippen LogP contribution in [-0.2, 0) is 166 Å². The van der Waals surface area contributed by atoms with Crippen LogP contribution in [0.15, 0.2) is 4.99 Å². The fourth-order valence-electron chi connectivity index (χ4n) is 17.5. The topological polar surface area (TPSA) is 568 Å². The highest BCUT2D eigenvalue weighted by molar-refractivity contribution is 7.44. The Kier molecular flexibility index (Phi) is 72.4. The Labute approximate surface area is 887 Å². The van der Waals surface area contributed by atoms with Crippen LogP contribution in [0.4, 0.5) is 0 Å². The molecule has 3 fully saturated rings. The van der Waals surface area contributed by atoms with Crippen LogP contribution in [0.3, 0.4) is 0 Å². The molecule has 3 rings (SSSR count). The Morgan fingerprint density at radius 2 is 0.613 bits per heavy atom. The summed E-state index contributed by atoms with van der Waals surface area (Å²) >= 11 is 0. The van der Waals surface area contributed by atoms with Gasteiger partial charge in [0.1, 0.15) is 68.3 Å². The number of amides is 8. The number of ether oxygens (including phenoxy) is 16. The molecule has 3 heterocycles. The minimum absolute atomic E-state index is 0.0983. The van der Waals surface area contributed by atoms with Crippen LogP contribution < -0.4 is 42.5 Å². The number of unbranched alkanes of at least 4 members (excludes halogenated alkanes) is 26. The summed E-state index contributed by atoms with van der Waals surface area (Å²) in [6.45, 7) is 24.1. The summed E-state index contributed by atoms with van der Waals surface area (Å²) in [7, 11) is 0.277. The Morgan fingerprint density at radius 3 is 0.920 bits per heavy atom. The van der Waals surface area contributed by atoms with E-state index < -0.39 is 196 Å². The molecule has 8 amide bonds. The lowest BCUT2D eigenvalue weighted by molar-refractivity contribution is -0.277.